The highest BCUT2D eigenvalue weighted by Gasteiger charge is 2.25. The molecule has 252 valence electrons. The van der Waals surface area contributed by atoms with E-state index in [1.807, 2.05) is 17.5 Å². The number of rotatable bonds is 8. The molecule has 1 aliphatic heterocycles. The highest BCUT2D eigenvalue weighted by atomic mass is 35.5. The molecule has 3 aliphatic rings. The number of pyridine rings is 1. The summed E-state index contributed by atoms with van der Waals surface area (Å²) < 4.78 is 12.6. The number of amides is 3. The molecule has 2 heterocycles. The Morgan fingerprint density at radius 3 is 2.33 bits per heavy atom. The Morgan fingerprint density at radius 2 is 1.71 bits per heavy atom. The first-order chi connectivity index (χ1) is 21.6. The molecule has 0 radical (unpaired) electrons. The number of aromatic nitrogens is 1. The van der Waals surface area contributed by atoms with Crippen molar-refractivity contribution in [3.63, 3.8) is 0 Å². The van der Waals surface area contributed by atoms with Crippen LogP contribution in [0.15, 0.2) is 47.2 Å². The molecule has 6 nitrogen and oxygen atoms in total. The number of hydrogen-bond acceptors (Lipinski definition) is 6. The predicted molar refractivity (Wildman–Crippen MR) is 191 cm³/mol. The van der Waals surface area contributed by atoms with Crippen molar-refractivity contribution in [3.8, 4) is 0 Å². The van der Waals surface area contributed by atoms with Gasteiger partial charge in [-0.1, -0.05) is 62.6 Å². The molecular weight excluding hydrogens is 629 g/mol. The van der Waals surface area contributed by atoms with Crippen LogP contribution in [0.2, 0.25) is 0 Å². The minimum absolute atomic E-state index is 0.0621. The van der Waals surface area contributed by atoms with Crippen LogP contribution in [0.25, 0.3) is 0 Å². The second-order valence-corrected chi connectivity index (χ2v) is 14.4. The molecule has 45 heavy (non-hydrogen) atoms. The summed E-state index contributed by atoms with van der Waals surface area (Å²) in [6.45, 7) is 9.97. The van der Waals surface area contributed by atoms with Gasteiger partial charge in [-0.3, -0.25) is 24.7 Å². The number of carbonyl (C=O) groups is 3. The van der Waals surface area contributed by atoms with Crippen molar-refractivity contribution in [2.24, 2.45) is 11.8 Å². The van der Waals surface area contributed by atoms with Crippen LogP contribution in [0, 0.1) is 24.6 Å². The van der Waals surface area contributed by atoms with Crippen molar-refractivity contribution in [3.05, 3.63) is 64.2 Å². The average molecular weight is 682 g/mol. The lowest BCUT2D eigenvalue weighted by Gasteiger charge is -2.32. The van der Waals surface area contributed by atoms with Gasteiger partial charge in [-0.15, -0.1) is 0 Å². The van der Waals surface area contributed by atoms with Crippen molar-refractivity contribution >= 4 is 53.3 Å². The van der Waals surface area contributed by atoms with E-state index in [2.05, 4.69) is 61.9 Å². The Kier molecular flexibility index (Phi) is 22.8. The zero-order valence-electron chi connectivity index (χ0n) is 27.7. The van der Waals surface area contributed by atoms with E-state index < -0.39 is 11.7 Å². The Bertz CT molecular complexity index is 1120. The fourth-order valence-electron chi connectivity index (χ4n) is 5.03. The van der Waals surface area contributed by atoms with Gasteiger partial charge in [-0.2, -0.15) is 23.5 Å². The van der Waals surface area contributed by atoms with E-state index in [1.54, 1.807) is 18.7 Å². The van der Waals surface area contributed by atoms with Crippen LogP contribution >= 0.6 is 35.1 Å². The zero-order valence-corrected chi connectivity index (χ0v) is 30.1. The van der Waals surface area contributed by atoms with E-state index in [1.165, 1.54) is 68.4 Å². The van der Waals surface area contributed by atoms with Gasteiger partial charge in [0.2, 0.25) is 12.3 Å². The fourth-order valence-corrected chi connectivity index (χ4v) is 6.86. The molecule has 0 bridgehead atoms. The lowest BCUT2D eigenvalue weighted by atomic mass is 9.79. The summed E-state index contributed by atoms with van der Waals surface area (Å²) in [6, 6.07) is 1.49. The maximum atomic E-state index is 12.6. The summed E-state index contributed by atoms with van der Waals surface area (Å²) in [6.07, 6.45) is 20.9. The van der Waals surface area contributed by atoms with Crippen LogP contribution in [0.5, 0.6) is 0 Å². The molecule has 2 aliphatic carbocycles. The maximum absolute atomic E-state index is 12.6. The predicted octanol–water partition coefficient (Wildman–Crippen LogP) is 8.79. The van der Waals surface area contributed by atoms with Gasteiger partial charge in [0.1, 0.15) is 5.82 Å². The van der Waals surface area contributed by atoms with Crippen molar-refractivity contribution in [1.29, 1.82) is 0 Å². The standard InChI is InChI=1S/C16H29NOS2.C8H9Cl.C8H7FN2O2.C3H8/c1-2-19-12-16(18)17-15-5-3-13(4-6-15)11-14-7-9-20-10-8-14;1-7-3-2-4-8(9)6-5-7;1-5-7(8(13)11-4-12)2-6(9)3-10-5;1-3-2/h13-15H,2-12H2,1H3,(H,17,18);2-3,5-6H,4H2,1H3;2-4H,1H3,(H,11,12,13);3H2,1-2H3. The minimum Gasteiger partial charge on any atom is -0.353 e. The van der Waals surface area contributed by atoms with Gasteiger partial charge in [0.25, 0.3) is 5.91 Å². The third-order valence-corrected chi connectivity index (χ3v) is 9.57. The minimum atomic E-state index is -0.653. The van der Waals surface area contributed by atoms with Gasteiger partial charge in [-0.05, 0) is 100 Å². The molecule has 0 aromatic carbocycles. The highest BCUT2D eigenvalue weighted by Crippen LogP contribution is 2.34. The topological polar surface area (TPSA) is 88.2 Å². The summed E-state index contributed by atoms with van der Waals surface area (Å²) in [5.41, 5.74) is 1.69. The second kappa shape index (κ2) is 25.0. The van der Waals surface area contributed by atoms with Gasteiger partial charge in [0.15, 0.2) is 0 Å². The number of allylic oxidation sites excluding steroid dienone is 6. The smallest absolute Gasteiger partial charge is 0.259 e. The van der Waals surface area contributed by atoms with E-state index in [9.17, 15) is 18.8 Å². The first-order valence-corrected chi connectivity index (χ1v) is 18.8. The Hall–Kier alpha value is -2.10. The first kappa shape index (κ1) is 40.9. The largest absolute Gasteiger partial charge is 0.353 e. The van der Waals surface area contributed by atoms with E-state index >= 15 is 0 Å². The van der Waals surface area contributed by atoms with Crippen LogP contribution in [-0.4, -0.2) is 52.3 Å². The molecule has 0 unspecified atom stereocenters. The molecule has 10 heteroatoms. The maximum Gasteiger partial charge on any atom is 0.259 e. The number of halogens is 2. The monoisotopic (exact) mass is 681 g/mol. The van der Waals surface area contributed by atoms with Crippen molar-refractivity contribution in [1.82, 2.24) is 15.6 Å². The van der Waals surface area contributed by atoms with Gasteiger partial charge in [0.05, 0.1) is 23.2 Å². The summed E-state index contributed by atoms with van der Waals surface area (Å²) in [7, 11) is 0. The molecular formula is C35H53ClFN3O3S2. The van der Waals surface area contributed by atoms with Gasteiger partial charge in [-0.25, -0.2) is 4.39 Å². The summed E-state index contributed by atoms with van der Waals surface area (Å²) in [5, 5.41) is 6.02. The van der Waals surface area contributed by atoms with Crippen LogP contribution in [-0.2, 0) is 9.59 Å². The molecule has 2 fully saturated rings. The number of nitrogens with one attached hydrogen (secondary N) is 2. The number of thioether (sulfide) groups is 2. The normalized spacial score (nSPS) is 19.4. The number of hydrogen-bond donors (Lipinski definition) is 2. The van der Waals surface area contributed by atoms with Crippen molar-refractivity contribution in [2.45, 2.75) is 98.4 Å². The van der Waals surface area contributed by atoms with Crippen LogP contribution in [0.4, 0.5) is 4.39 Å². The third-order valence-electron chi connectivity index (χ3n) is 7.37. The number of imide groups is 1. The van der Waals surface area contributed by atoms with E-state index in [0.29, 0.717) is 17.5 Å². The summed E-state index contributed by atoms with van der Waals surface area (Å²) in [4.78, 5) is 36.4. The van der Waals surface area contributed by atoms with E-state index in [4.69, 9.17) is 11.6 Å². The van der Waals surface area contributed by atoms with Gasteiger partial charge >= 0.3 is 0 Å². The SMILES string of the molecule is CC1=CC=C(Cl)CC=C1.CCC.CCSCC(=O)NC1CCC(CC2CCSCC2)CC1.Cc1ncc(F)cc1C(=O)NC=O. The molecule has 1 saturated carbocycles. The van der Waals surface area contributed by atoms with E-state index in [-0.39, 0.29) is 17.9 Å². The van der Waals surface area contributed by atoms with Crippen molar-refractivity contribution < 1.29 is 18.8 Å². The Labute approximate surface area is 284 Å². The molecule has 0 atom stereocenters. The number of carbonyl (C=O) groups excluding carboxylic acids is 3. The van der Waals surface area contributed by atoms with E-state index in [0.717, 1.165) is 41.3 Å². The highest BCUT2D eigenvalue weighted by molar-refractivity contribution is 7.99. The molecule has 0 spiro atoms. The average Bonchev–Trinajstić information content (AvgIpc) is 3.22. The lowest BCUT2D eigenvalue weighted by Crippen LogP contribution is -2.38. The summed E-state index contributed by atoms with van der Waals surface area (Å²) in [5.74, 6) is 5.33. The Balaban J connectivity index is 0.000000347. The van der Waals surface area contributed by atoms with Crippen LogP contribution < -0.4 is 10.6 Å². The second-order valence-electron chi connectivity index (χ2n) is 11.4. The van der Waals surface area contributed by atoms with Crippen LogP contribution in [0.1, 0.15) is 102 Å². The lowest BCUT2D eigenvalue weighted by molar-refractivity contribution is -0.119. The Morgan fingerprint density at radius 1 is 1.07 bits per heavy atom. The molecule has 3 amide bonds. The first-order valence-electron chi connectivity index (χ1n) is 16.1. The molecule has 1 aromatic rings. The van der Waals surface area contributed by atoms with Crippen LogP contribution in [0.3, 0.4) is 0 Å². The van der Waals surface area contributed by atoms with Gasteiger partial charge < -0.3 is 5.32 Å². The fraction of sp³-hybridized carbons (Fsp3) is 0.600. The zero-order chi connectivity index (χ0) is 33.5. The molecule has 1 saturated heterocycles. The number of aryl methyl sites for hydroxylation is 1. The molecule has 1 aromatic heterocycles. The van der Waals surface area contributed by atoms with Gasteiger partial charge in [0, 0.05) is 17.5 Å². The van der Waals surface area contributed by atoms with Crippen molar-refractivity contribution in [2.75, 3.05) is 23.0 Å². The third kappa shape index (κ3) is 19.2. The number of nitrogens with zero attached hydrogens (tertiary/aromatic N) is 1. The molecule has 2 N–H and O–H groups in total. The quantitative estimate of drug-likeness (QED) is 0.267. The summed E-state index contributed by atoms with van der Waals surface area (Å²) >= 11 is 9.59. The molecule has 4 rings (SSSR count).